The minimum atomic E-state index is -3.91. The number of hydroxylamine groups is 1. The van der Waals surface area contributed by atoms with Gasteiger partial charge in [0, 0.05) is 19.2 Å². The predicted molar refractivity (Wildman–Crippen MR) is 60.1 cm³/mol. The summed E-state index contributed by atoms with van der Waals surface area (Å²) in [5.41, 5.74) is -0.283. The van der Waals surface area contributed by atoms with Crippen molar-refractivity contribution in [3.63, 3.8) is 0 Å². The lowest BCUT2D eigenvalue weighted by molar-refractivity contribution is -0.384. The molecule has 0 amide bonds. The molecule has 0 heterocycles. The molecular formula is C8H9ClN2O5S. The molecule has 0 aliphatic carbocycles. The zero-order valence-corrected chi connectivity index (χ0v) is 10.5. The fraction of sp³-hybridized carbons (Fsp3) is 0.250. The van der Waals surface area contributed by atoms with Crippen molar-refractivity contribution in [1.29, 1.82) is 0 Å². The van der Waals surface area contributed by atoms with Crippen LogP contribution in [0.1, 0.15) is 0 Å². The Bertz CT molecular complexity index is 545. The largest absolute Gasteiger partial charge is 0.288 e. The summed E-state index contributed by atoms with van der Waals surface area (Å²) in [4.78, 5) is 14.1. The highest BCUT2D eigenvalue weighted by Gasteiger charge is 2.25. The van der Waals surface area contributed by atoms with Gasteiger partial charge < -0.3 is 0 Å². The SMILES string of the molecule is CON(C)S(=O)(=O)c1ccc([N+](=O)[O-])cc1Cl. The molecule has 0 saturated carbocycles. The Morgan fingerprint density at radius 2 is 2.06 bits per heavy atom. The van der Waals surface area contributed by atoms with Crippen LogP contribution in [0.25, 0.3) is 0 Å². The Morgan fingerprint density at radius 3 is 2.47 bits per heavy atom. The van der Waals surface area contributed by atoms with E-state index in [1.54, 1.807) is 0 Å². The molecule has 0 N–H and O–H groups in total. The molecule has 0 unspecified atom stereocenters. The number of nitro benzene ring substituents is 1. The van der Waals surface area contributed by atoms with Crippen molar-refractivity contribution in [2.75, 3.05) is 14.2 Å². The van der Waals surface area contributed by atoms with Gasteiger partial charge in [-0.25, -0.2) is 8.42 Å². The van der Waals surface area contributed by atoms with Crippen LogP contribution in [0.2, 0.25) is 5.02 Å². The van der Waals surface area contributed by atoms with Crippen LogP contribution in [-0.2, 0) is 14.9 Å². The highest BCUT2D eigenvalue weighted by molar-refractivity contribution is 7.89. The van der Waals surface area contributed by atoms with E-state index in [4.69, 9.17) is 11.6 Å². The number of benzene rings is 1. The van der Waals surface area contributed by atoms with Crippen molar-refractivity contribution in [2.45, 2.75) is 4.90 Å². The predicted octanol–water partition coefficient (Wildman–Crippen LogP) is 1.43. The van der Waals surface area contributed by atoms with Gasteiger partial charge in [0.2, 0.25) is 0 Å². The quantitative estimate of drug-likeness (QED) is 0.615. The minimum absolute atomic E-state index is 0.233. The van der Waals surface area contributed by atoms with Gasteiger partial charge in [0.05, 0.1) is 17.1 Å². The third-order valence-corrected chi connectivity index (χ3v) is 4.16. The molecule has 1 aromatic rings. The molecule has 1 aromatic carbocycles. The molecule has 0 aliphatic heterocycles. The van der Waals surface area contributed by atoms with E-state index >= 15 is 0 Å². The van der Waals surface area contributed by atoms with Gasteiger partial charge in [-0.15, -0.1) is 0 Å². The summed E-state index contributed by atoms with van der Waals surface area (Å²) >= 11 is 5.69. The van der Waals surface area contributed by atoms with Crippen LogP contribution in [0.3, 0.4) is 0 Å². The number of nitro groups is 1. The number of nitrogens with zero attached hydrogens (tertiary/aromatic N) is 2. The molecule has 17 heavy (non-hydrogen) atoms. The minimum Gasteiger partial charge on any atom is -0.288 e. The summed E-state index contributed by atoms with van der Waals surface area (Å²) < 4.78 is 24.2. The fourth-order valence-electron chi connectivity index (χ4n) is 1.05. The fourth-order valence-corrected chi connectivity index (χ4v) is 2.54. The number of hydrogen-bond acceptors (Lipinski definition) is 5. The number of sulfonamides is 1. The van der Waals surface area contributed by atoms with Crippen molar-refractivity contribution < 1.29 is 18.2 Å². The molecule has 0 radical (unpaired) electrons. The molecule has 1 rings (SSSR count). The standard InChI is InChI=1S/C8H9ClN2O5S/c1-10(16-2)17(14,15)8-4-3-6(11(12)13)5-7(8)9/h3-5H,1-2H3. The van der Waals surface area contributed by atoms with Crippen LogP contribution in [-0.4, -0.2) is 32.0 Å². The third kappa shape index (κ3) is 2.72. The Balaban J connectivity index is 3.31. The van der Waals surface area contributed by atoms with Gasteiger partial charge in [0.1, 0.15) is 4.90 Å². The Hall–Kier alpha value is -1.22. The van der Waals surface area contributed by atoms with E-state index in [2.05, 4.69) is 4.84 Å². The van der Waals surface area contributed by atoms with E-state index in [0.717, 1.165) is 18.2 Å². The zero-order chi connectivity index (χ0) is 13.2. The van der Waals surface area contributed by atoms with Gasteiger partial charge in [-0.05, 0) is 6.07 Å². The Morgan fingerprint density at radius 1 is 1.47 bits per heavy atom. The van der Waals surface area contributed by atoms with Gasteiger partial charge in [-0.2, -0.15) is 0 Å². The van der Waals surface area contributed by atoms with E-state index in [1.807, 2.05) is 0 Å². The van der Waals surface area contributed by atoms with Crippen molar-refractivity contribution in [3.8, 4) is 0 Å². The third-order valence-electron chi connectivity index (χ3n) is 2.00. The molecule has 0 spiro atoms. The smallest absolute Gasteiger partial charge is 0.271 e. The van der Waals surface area contributed by atoms with E-state index < -0.39 is 14.9 Å². The molecule has 0 saturated heterocycles. The molecule has 94 valence electrons. The Kier molecular flexibility index (Phi) is 4.04. The number of halogens is 1. The average Bonchev–Trinajstić information content (AvgIpc) is 2.27. The second-order valence-electron chi connectivity index (χ2n) is 2.97. The van der Waals surface area contributed by atoms with E-state index in [-0.39, 0.29) is 15.6 Å². The van der Waals surface area contributed by atoms with Crippen LogP contribution >= 0.6 is 11.6 Å². The summed E-state index contributed by atoms with van der Waals surface area (Å²) in [6.45, 7) is 0. The first-order valence-electron chi connectivity index (χ1n) is 4.27. The van der Waals surface area contributed by atoms with Crippen molar-refractivity contribution in [1.82, 2.24) is 4.47 Å². The van der Waals surface area contributed by atoms with E-state index in [9.17, 15) is 18.5 Å². The first kappa shape index (κ1) is 13.8. The van der Waals surface area contributed by atoms with E-state index in [0.29, 0.717) is 4.47 Å². The van der Waals surface area contributed by atoms with Gasteiger partial charge in [0.25, 0.3) is 15.7 Å². The monoisotopic (exact) mass is 280 g/mol. The molecule has 9 heteroatoms. The van der Waals surface area contributed by atoms with Gasteiger partial charge in [-0.3, -0.25) is 15.0 Å². The van der Waals surface area contributed by atoms with Crippen LogP contribution < -0.4 is 0 Å². The molecule has 0 aromatic heterocycles. The Labute approximate surface area is 103 Å². The van der Waals surface area contributed by atoms with Gasteiger partial charge in [0.15, 0.2) is 0 Å². The van der Waals surface area contributed by atoms with Crippen molar-refractivity contribution >= 4 is 27.3 Å². The van der Waals surface area contributed by atoms with Crippen molar-refractivity contribution in [3.05, 3.63) is 33.3 Å². The number of rotatable bonds is 4. The molecule has 0 aliphatic rings. The number of non-ortho nitro benzene ring substituents is 1. The lowest BCUT2D eigenvalue weighted by atomic mass is 10.3. The maximum atomic E-state index is 11.8. The van der Waals surface area contributed by atoms with Crippen LogP contribution in [0.4, 0.5) is 5.69 Å². The van der Waals surface area contributed by atoms with Crippen LogP contribution in [0.15, 0.2) is 23.1 Å². The molecule has 0 bridgehead atoms. The zero-order valence-electron chi connectivity index (χ0n) is 8.95. The summed E-state index contributed by atoms with van der Waals surface area (Å²) in [7, 11) is -1.54. The maximum absolute atomic E-state index is 11.8. The van der Waals surface area contributed by atoms with Crippen LogP contribution in [0, 0.1) is 10.1 Å². The highest BCUT2D eigenvalue weighted by Crippen LogP contribution is 2.27. The first-order valence-corrected chi connectivity index (χ1v) is 6.09. The summed E-state index contributed by atoms with van der Waals surface area (Å²) in [6, 6.07) is 3.09. The van der Waals surface area contributed by atoms with Crippen LogP contribution in [0.5, 0.6) is 0 Å². The number of hydrogen-bond donors (Lipinski definition) is 0. The normalized spacial score (nSPS) is 11.8. The highest BCUT2D eigenvalue weighted by atomic mass is 35.5. The molecule has 7 nitrogen and oxygen atoms in total. The average molecular weight is 281 g/mol. The molecular weight excluding hydrogens is 272 g/mol. The molecule has 0 fully saturated rings. The summed E-state index contributed by atoms with van der Waals surface area (Å²) in [5.74, 6) is 0. The van der Waals surface area contributed by atoms with Gasteiger partial charge >= 0.3 is 0 Å². The maximum Gasteiger partial charge on any atom is 0.271 e. The first-order chi connectivity index (χ1) is 7.80. The lowest BCUT2D eigenvalue weighted by Gasteiger charge is -2.14. The summed E-state index contributed by atoms with van der Waals surface area (Å²) in [5, 5.41) is 10.2. The summed E-state index contributed by atoms with van der Waals surface area (Å²) in [6.07, 6.45) is 0. The second-order valence-corrected chi connectivity index (χ2v) is 5.28. The van der Waals surface area contributed by atoms with Crippen molar-refractivity contribution in [2.24, 2.45) is 0 Å². The lowest BCUT2D eigenvalue weighted by Crippen LogP contribution is -2.26. The van der Waals surface area contributed by atoms with E-state index in [1.165, 1.54) is 14.2 Å². The second kappa shape index (κ2) is 4.96. The molecule has 0 atom stereocenters. The van der Waals surface area contributed by atoms with Gasteiger partial charge in [-0.1, -0.05) is 16.1 Å². The topological polar surface area (TPSA) is 89.8 Å².